The van der Waals surface area contributed by atoms with E-state index in [1.165, 1.54) is 12.5 Å². The molecule has 8 heteroatoms. The first-order valence-electron chi connectivity index (χ1n) is 13.0. The van der Waals surface area contributed by atoms with Crippen LogP contribution in [0.25, 0.3) is 0 Å². The molecule has 3 aliphatic carbocycles. The summed E-state index contributed by atoms with van der Waals surface area (Å²) in [6.07, 6.45) is 5.30. The van der Waals surface area contributed by atoms with Crippen LogP contribution in [0.5, 0.6) is 0 Å². The summed E-state index contributed by atoms with van der Waals surface area (Å²) < 4.78 is 18.7. The number of likely N-dealkylation sites (tertiary alicyclic amines) is 1. The van der Waals surface area contributed by atoms with Crippen molar-refractivity contribution in [3.8, 4) is 0 Å². The smallest absolute Gasteiger partial charge is 0.447 e. The fourth-order valence-electron chi connectivity index (χ4n) is 6.94. The minimum absolute atomic E-state index is 0.0392. The molecule has 35 heavy (non-hydrogen) atoms. The Hall–Kier alpha value is -2.32. The number of nitrogens with one attached hydrogen (secondary N) is 1. The standard InChI is InChI=1S/C27H37BN2O5/c1-5-24(31)30-13-9-12-20(30)17-33-25(32)29-23(14-18-10-7-6-8-11-18)28-34-22-16-19-15-21(26(19,2)3)27(22,4)35-28/h5-8,10-11,19-23H,1,9,12-17H2,2-4H3,(H,29,32)/t19-,20?,21-,22+,23-,27-/m0/s1. The summed E-state index contributed by atoms with van der Waals surface area (Å²) in [7, 11) is -0.543. The Kier molecular flexibility index (Phi) is 6.47. The van der Waals surface area contributed by atoms with Crippen molar-refractivity contribution < 1.29 is 23.6 Å². The van der Waals surface area contributed by atoms with Crippen LogP contribution in [0.1, 0.15) is 52.0 Å². The summed E-state index contributed by atoms with van der Waals surface area (Å²) in [6, 6.07) is 9.93. The SMILES string of the molecule is C=CC(=O)N1CCCC1COC(=O)N[C@@H](Cc1ccccc1)B1O[C@@H]2C[C@@H]3C[C@@H](C3(C)C)[C@]2(C)O1. The maximum Gasteiger partial charge on any atom is 0.482 e. The molecule has 2 amide bonds. The van der Waals surface area contributed by atoms with Gasteiger partial charge in [0, 0.05) is 6.54 Å². The Morgan fingerprint density at radius 1 is 1.29 bits per heavy atom. The van der Waals surface area contributed by atoms with Gasteiger partial charge in [0.1, 0.15) is 6.61 Å². The monoisotopic (exact) mass is 480 g/mol. The van der Waals surface area contributed by atoms with Crippen LogP contribution < -0.4 is 5.32 Å². The average molecular weight is 480 g/mol. The summed E-state index contributed by atoms with van der Waals surface area (Å²) in [5.74, 6) is 0.598. The Morgan fingerprint density at radius 3 is 2.77 bits per heavy atom. The number of alkyl carbamates (subject to hydrolysis) is 1. The highest BCUT2D eigenvalue weighted by molar-refractivity contribution is 6.47. The highest BCUT2D eigenvalue weighted by atomic mass is 16.7. The zero-order chi connectivity index (χ0) is 24.8. The van der Waals surface area contributed by atoms with Crippen LogP contribution >= 0.6 is 0 Å². The third-order valence-corrected chi connectivity index (χ3v) is 9.14. The van der Waals surface area contributed by atoms with Crippen molar-refractivity contribution in [2.24, 2.45) is 17.3 Å². The zero-order valence-electron chi connectivity index (χ0n) is 21.1. The molecule has 2 aliphatic heterocycles. The molecule has 0 spiro atoms. The molecule has 2 saturated heterocycles. The molecular weight excluding hydrogens is 443 g/mol. The van der Waals surface area contributed by atoms with Crippen LogP contribution in [0.4, 0.5) is 4.79 Å². The summed E-state index contributed by atoms with van der Waals surface area (Å²) in [5, 5.41) is 3.03. The van der Waals surface area contributed by atoms with E-state index in [2.05, 4.69) is 32.7 Å². The van der Waals surface area contributed by atoms with Crippen molar-refractivity contribution >= 4 is 19.1 Å². The molecule has 1 aromatic carbocycles. The number of ether oxygens (including phenoxy) is 1. The Bertz CT molecular complexity index is 972. The molecule has 1 aromatic rings. The van der Waals surface area contributed by atoms with Crippen molar-refractivity contribution in [2.75, 3.05) is 13.2 Å². The van der Waals surface area contributed by atoms with Crippen molar-refractivity contribution in [3.63, 3.8) is 0 Å². The van der Waals surface area contributed by atoms with E-state index in [0.717, 1.165) is 24.8 Å². The largest absolute Gasteiger partial charge is 0.482 e. The molecule has 0 radical (unpaired) electrons. The second-order valence-corrected chi connectivity index (χ2v) is 11.4. The summed E-state index contributed by atoms with van der Waals surface area (Å²) >= 11 is 0. The number of carbonyl (C=O) groups excluding carboxylic acids is 2. The topological polar surface area (TPSA) is 77.1 Å². The van der Waals surface area contributed by atoms with Crippen LogP contribution in [0.15, 0.2) is 43.0 Å². The van der Waals surface area contributed by atoms with Crippen LogP contribution in [-0.2, 0) is 25.3 Å². The van der Waals surface area contributed by atoms with Gasteiger partial charge in [-0.1, -0.05) is 50.8 Å². The number of amides is 2. The number of hydrogen-bond acceptors (Lipinski definition) is 5. The van der Waals surface area contributed by atoms with E-state index in [1.54, 1.807) is 4.90 Å². The van der Waals surface area contributed by atoms with E-state index < -0.39 is 13.2 Å². The van der Waals surface area contributed by atoms with Gasteiger partial charge in [-0.3, -0.25) is 4.79 Å². The van der Waals surface area contributed by atoms with E-state index in [4.69, 9.17) is 14.0 Å². The van der Waals surface area contributed by atoms with Gasteiger partial charge in [0.05, 0.1) is 23.7 Å². The third kappa shape index (κ3) is 4.40. The first-order chi connectivity index (χ1) is 16.7. The van der Waals surface area contributed by atoms with Crippen LogP contribution in [-0.4, -0.2) is 60.9 Å². The van der Waals surface area contributed by atoms with Gasteiger partial charge in [-0.15, -0.1) is 0 Å². The quantitative estimate of drug-likeness (QED) is 0.475. The second-order valence-electron chi connectivity index (χ2n) is 11.4. The lowest BCUT2D eigenvalue weighted by molar-refractivity contribution is -0.199. The molecular formula is C27H37BN2O5. The molecule has 1 unspecified atom stereocenters. The van der Waals surface area contributed by atoms with Gasteiger partial charge in [0.25, 0.3) is 0 Å². The van der Waals surface area contributed by atoms with Gasteiger partial charge in [-0.25, -0.2) is 4.79 Å². The van der Waals surface area contributed by atoms with Gasteiger partial charge in [-0.05, 0) is 67.9 Å². The maximum absolute atomic E-state index is 12.9. The summed E-state index contributed by atoms with van der Waals surface area (Å²) in [4.78, 5) is 26.7. The lowest BCUT2D eigenvalue weighted by Crippen LogP contribution is -2.65. The predicted octanol–water partition coefficient (Wildman–Crippen LogP) is 3.77. The molecule has 6 atom stereocenters. The van der Waals surface area contributed by atoms with Gasteiger partial charge < -0.3 is 24.3 Å². The van der Waals surface area contributed by atoms with E-state index in [0.29, 0.717) is 24.8 Å². The van der Waals surface area contributed by atoms with E-state index >= 15 is 0 Å². The molecule has 7 nitrogen and oxygen atoms in total. The lowest BCUT2D eigenvalue weighted by atomic mass is 9.43. The normalized spacial score (nSPS) is 33.5. The summed E-state index contributed by atoms with van der Waals surface area (Å²) in [6.45, 7) is 11.3. The maximum atomic E-state index is 12.9. The number of carbonyl (C=O) groups is 2. The number of nitrogens with zero attached hydrogens (tertiary/aromatic N) is 1. The molecule has 0 aromatic heterocycles. The van der Waals surface area contributed by atoms with Crippen molar-refractivity contribution in [1.29, 1.82) is 0 Å². The highest BCUT2D eigenvalue weighted by Crippen LogP contribution is 2.65. The molecule has 6 rings (SSSR count). The number of rotatable bonds is 7. The Labute approximate surface area is 208 Å². The molecule has 2 bridgehead atoms. The third-order valence-electron chi connectivity index (χ3n) is 9.14. The molecule has 1 N–H and O–H groups in total. The summed E-state index contributed by atoms with van der Waals surface area (Å²) in [5.41, 5.74) is 0.993. The zero-order valence-corrected chi connectivity index (χ0v) is 21.1. The van der Waals surface area contributed by atoms with Gasteiger partial charge in [-0.2, -0.15) is 0 Å². The van der Waals surface area contributed by atoms with Crippen molar-refractivity contribution in [3.05, 3.63) is 48.6 Å². The minimum Gasteiger partial charge on any atom is -0.447 e. The fraction of sp³-hybridized carbons (Fsp3) is 0.630. The Balaban J connectivity index is 1.26. The lowest BCUT2D eigenvalue weighted by Gasteiger charge is -2.64. The first kappa shape index (κ1) is 24.4. The molecule has 5 aliphatic rings. The highest BCUT2D eigenvalue weighted by Gasteiger charge is 2.68. The fourth-order valence-corrected chi connectivity index (χ4v) is 6.94. The second kappa shape index (κ2) is 9.28. The molecule has 188 valence electrons. The van der Waals surface area contributed by atoms with Crippen molar-refractivity contribution in [1.82, 2.24) is 10.2 Å². The van der Waals surface area contributed by atoms with E-state index in [1.807, 2.05) is 30.3 Å². The van der Waals surface area contributed by atoms with Gasteiger partial charge >= 0.3 is 13.2 Å². The minimum atomic E-state index is -0.543. The molecule has 3 saturated carbocycles. The number of hydrogen-bond donors (Lipinski definition) is 1. The van der Waals surface area contributed by atoms with Crippen LogP contribution in [0, 0.1) is 17.3 Å². The van der Waals surface area contributed by atoms with Gasteiger partial charge in [0.2, 0.25) is 5.91 Å². The van der Waals surface area contributed by atoms with E-state index in [-0.39, 0.29) is 41.6 Å². The van der Waals surface area contributed by atoms with Gasteiger partial charge in [0.15, 0.2) is 0 Å². The van der Waals surface area contributed by atoms with Crippen molar-refractivity contribution in [2.45, 2.75) is 76.6 Å². The molecule has 5 fully saturated rings. The average Bonchev–Trinajstić information content (AvgIpc) is 3.46. The van der Waals surface area contributed by atoms with Crippen LogP contribution in [0.3, 0.4) is 0 Å². The molecule has 2 heterocycles. The van der Waals surface area contributed by atoms with E-state index in [9.17, 15) is 9.59 Å². The first-order valence-corrected chi connectivity index (χ1v) is 13.0. The van der Waals surface area contributed by atoms with Crippen LogP contribution in [0.2, 0.25) is 0 Å². The Morgan fingerprint density at radius 2 is 2.06 bits per heavy atom. The predicted molar refractivity (Wildman–Crippen MR) is 133 cm³/mol. The number of benzene rings is 1.